The topological polar surface area (TPSA) is 85.5 Å². The Bertz CT molecular complexity index is 3880. The predicted octanol–water partition coefficient (Wildman–Crippen LogP) is 19.2. The molecule has 4 aromatic heterocycles. The lowest BCUT2D eigenvalue weighted by Gasteiger charge is -2.26. The van der Waals surface area contributed by atoms with Crippen LogP contribution in [0.15, 0.2) is 138 Å². The highest BCUT2D eigenvalue weighted by Gasteiger charge is 2.27. The molecule has 11 rings (SSSR count). The normalized spacial score (nSPS) is 14.3. The quantitative estimate of drug-likeness (QED) is 0.155. The molecule has 8 bridgehead atoms. The number of aromatic nitrogens is 5. The van der Waals surface area contributed by atoms with E-state index in [0.717, 1.165) is 106 Å². The van der Waals surface area contributed by atoms with E-state index in [4.69, 9.17) is 15.0 Å². The van der Waals surface area contributed by atoms with Gasteiger partial charge in [-0.3, -0.25) is 4.99 Å². The highest BCUT2D eigenvalue weighted by molar-refractivity contribution is 6.01. The maximum atomic E-state index is 5.77. The van der Waals surface area contributed by atoms with E-state index in [2.05, 4.69) is 252 Å². The second-order valence-electron chi connectivity index (χ2n) is 25.9. The zero-order valence-corrected chi connectivity index (χ0v) is 48.4. The van der Waals surface area contributed by atoms with E-state index in [0.29, 0.717) is 0 Å². The third-order valence-electron chi connectivity index (χ3n) is 15.7. The Kier molecular flexibility index (Phi) is 12.7. The van der Waals surface area contributed by atoms with Crippen molar-refractivity contribution in [2.24, 2.45) is 4.99 Å². The molecule has 392 valence electrons. The van der Waals surface area contributed by atoms with Crippen molar-refractivity contribution in [3.63, 3.8) is 0 Å². The fourth-order valence-electron chi connectivity index (χ4n) is 11.4. The molecule has 0 fully saturated rings. The number of aliphatic imine (C=N–C) groups is 1. The minimum atomic E-state index is -0.100. The van der Waals surface area contributed by atoms with E-state index in [1.807, 2.05) is 24.6 Å². The number of hydrogen-bond donors (Lipinski definition) is 3. The average Bonchev–Trinajstić information content (AvgIpc) is 4.29. The van der Waals surface area contributed by atoms with Crippen molar-refractivity contribution in [2.45, 2.75) is 126 Å². The van der Waals surface area contributed by atoms with Crippen LogP contribution < -0.4 is 0 Å². The molecule has 4 aromatic carbocycles. The highest BCUT2D eigenvalue weighted by Crippen LogP contribution is 2.44. The van der Waals surface area contributed by atoms with E-state index in [9.17, 15) is 0 Å². The van der Waals surface area contributed by atoms with Gasteiger partial charge in [-0.25, -0.2) is 9.97 Å². The summed E-state index contributed by atoms with van der Waals surface area (Å²) in [4.78, 5) is 27.9. The summed E-state index contributed by atoms with van der Waals surface area (Å²) < 4.78 is 0. The number of hydrogen-bond acceptors (Lipinski definition) is 3. The summed E-state index contributed by atoms with van der Waals surface area (Å²) in [5.74, 6) is 0. The zero-order valence-electron chi connectivity index (χ0n) is 48.4. The molecule has 0 aliphatic carbocycles. The first-order valence-corrected chi connectivity index (χ1v) is 27.7. The molecule has 8 aromatic rings. The van der Waals surface area contributed by atoms with E-state index in [-0.39, 0.29) is 21.7 Å². The molecule has 3 aliphatic rings. The summed E-state index contributed by atoms with van der Waals surface area (Å²) in [6.45, 7) is 34.3. The van der Waals surface area contributed by atoms with E-state index < -0.39 is 0 Å². The molecule has 78 heavy (non-hydrogen) atoms. The fourth-order valence-corrected chi connectivity index (χ4v) is 11.4. The van der Waals surface area contributed by atoms with Crippen LogP contribution in [0.2, 0.25) is 0 Å². The van der Waals surface area contributed by atoms with Crippen molar-refractivity contribution in [2.75, 3.05) is 0 Å². The van der Waals surface area contributed by atoms with E-state index in [1.165, 1.54) is 44.5 Å². The van der Waals surface area contributed by atoms with Gasteiger partial charge >= 0.3 is 0 Å². The Balaban J connectivity index is 1.30. The lowest BCUT2D eigenvalue weighted by Crippen LogP contribution is -2.16. The number of H-pyrrole nitrogens is 3. The van der Waals surface area contributed by atoms with Crippen molar-refractivity contribution >= 4 is 58.2 Å². The minimum absolute atomic E-state index is 0.100. The Labute approximate surface area is 462 Å². The van der Waals surface area contributed by atoms with Crippen molar-refractivity contribution < 1.29 is 0 Å². The molecular formula is C72H74N6. The lowest BCUT2D eigenvalue weighted by molar-refractivity contribution is 0.568. The van der Waals surface area contributed by atoms with Crippen LogP contribution in [0, 0.1) is 20.8 Å². The summed E-state index contributed by atoms with van der Waals surface area (Å²) in [5.41, 5.74) is 28.5. The first-order valence-electron chi connectivity index (χ1n) is 27.7. The number of fused-ring (bicyclic) bond motifs is 8. The average molecular weight is 1020 g/mol. The highest BCUT2D eigenvalue weighted by atomic mass is 14.8. The van der Waals surface area contributed by atoms with Gasteiger partial charge in [0.05, 0.1) is 28.5 Å². The number of aromatic amines is 3. The van der Waals surface area contributed by atoms with Gasteiger partial charge in [-0.05, 0) is 176 Å². The molecule has 3 aliphatic heterocycles. The van der Waals surface area contributed by atoms with Gasteiger partial charge in [0.2, 0.25) is 0 Å². The van der Waals surface area contributed by atoms with Crippen LogP contribution in [0.25, 0.3) is 96.5 Å². The van der Waals surface area contributed by atoms with Crippen LogP contribution in [0.5, 0.6) is 0 Å². The molecule has 6 heteroatoms. The van der Waals surface area contributed by atoms with Crippen LogP contribution in [-0.2, 0) is 21.7 Å². The lowest BCUT2D eigenvalue weighted by atomic mass is 9.78. The molecular weight excluding hydrogens is 949 g/mol. The summed E-state index contributed by atoms with van der Waals surface area (Å²) >= 11 is 0. The van der Waals surface area contributed by atoms with Crippen LogP contribution in [-0.4, -0.2) is 31.1 Å². The Morgan fingerprint density at radius 1 is 0.410 bits per heavy atom. The second kappa shape index (κ2) is 19.1. The number of benzene rings is 4. The number of nitrogens with one attached hydrogen (secondary N) is 3. The monoisotopic (exact) mass is 1020 g/mol. The third-order valence-corrected chi connectivity index (χ3v) is 15.7. The summed E-state index contributed by atoms with van der Waals surface area (Å²) in [6, 6.07) is 41.0. The van der Waals surface area contributed by atoms with Gasteiger partial charge in [-0.2, -0.15) is 0 Å². The molecule has 7 heterocycles. The molecule has 0 unspecified atom stereocenters. The van der Waals surface area contributed by atoms with Gasteiger partial charge in [0.25, 0.3) is 0 Å². The Morgan fingerprint density at radius 3 is 1.21 bits per heavy atom. The molecule has 0 spiro atoms. The Hall–Kier alpha value is -8.09. The molecule has 0 radical (unpaired) electrons. The Morgan fingerprint density at radius 2 is 0.821 bits per heavy atom. The van der Waals surface area contributed by atoms with Gasteiger partial charge in [0.1, 0.15) is 0 Å². The minimum Gasteiger partial charge on any atom is -0.361 e. The fraction of sp³-hybridized carbons (Fsp3) is 0.264. The molecule has 0 saturated heterocycles. The first kappa shape index (κ1) is 52.0. The molecule has 0 saturated carbocycles. The smallest absolute Gasteiger partial charge is 0.0737 e. The molecule has 3 N–H and O–H groups in total. The van der Waals surface area contributed by atoms with E-state index >= 15 is 0 Å². The SMILES string of the molecule is Cc1cc(C)c(-c2c3nc(c(-c4cc(C(C)(C)C)cc(C(C)(C)C)c4)c4ccc([nH]4)c(-c4ccc(/C(=C5/C=CC=N5)c5ccc[nH]5)cc4)c4nc(c(-c5cc(C(C)(C)C)cc(C(C)(C)C)c5)c5ccc2[nH]5)C=C4)C=C3)c(C)c1. The first-order chi connectivity index (χ1) is 36.9. The largest absolute Gasteiger partial charge is 0.361 e. The third kappa shape index (κ3) is 9.83. The van der Waals surface area contributed by atoms with Gasteiger partial charge < -0.3 is 15.0 Å². The maximum Gasteiger partial charge on any atom is 0.0737 e. The number of nitrogens with zero attached hydrogens (tertiary/aromatic N) is 3. The summed E-state index contributed by atoms with van der Waals surface area (Å²) in [7, 11) is 0. The van der Waals surface area contributed by atoms with Gasteiger partial charge in [0.15, 0.2) is 0 Å². The van der Waals surface area contributed by atoms with Crippen LogP contribution in [0.1, 0.15) is 156 Å². The maximum absolute atomic E-state index is 5.77. The summed E-state index contributed by atoms with van der Waals surface area (Å²) in [6.07, 6.45) is 16.8. The van der Waals surface area contributed by atoms with Crippen molar-refractivity contribution in [1.82, 2.24) is 24.9 Å². The van der Waals surface area contributed by atoms with Crippen LogP contribution >= 0.6 is 0 Å². The molecule has 0 atom stereocenters. The van der Waals surface area contributed by atoms with E-state index in [1.54, 1.807) is 0 Å². The van der Waals surface area contributed by atoms with Crippen molar-refractivity contribution in [3.8, 4) is 44.5 Å². The van der Waals surface area contributed by atoms with Crippen LogP contribution in [0.4, 0.5) is 0 Å². The number of allylic oxidation sites excluding steroid dienone is 2. The van der Waals surface area contributed by atoms with Gasteiger partial charge in [-0.15, -0.1) is 0 Å². The second-order valence-corrected chi connectivity index (χ2v) is 25.9. The van der Waals surface area contributed by atoms with Crippen molar-refractivity contribution in [3.05, 3.63) is 206 Å². The predicted molar refractivity (Wildman–Crippen MR) is 334 cm³/mol. The van der Waals surface area contributed by atoms with Gasteiger partial charge in [0, 0.05) is 68.0 Å². The standard InChI is InChI=1S/C72H74N6/c1-42-34-43(2)63(44(3)35-42)68-61-30-28-59(77-61)66(47-36-49(69(4,5)6)40-50(37-47)70(7,8)9)57-26-24-55(75-57)65(46-22-20-45(21-23-46)64(53-18-16-32-73-53)54-19-17-33-74-54)56-25-27-58(76-56)67(60-29-31-62(68)78-60)48-38-51(71(10,11)12)41-52(39-48)72(13,14)15/h16-41,73,75,78H,1-15H3/b64-54+,65-55?,65-56?,66-57?,66-59?,67-58?,67-60?,68-61?,68-62?. The van der Waals surface area contributed by atoms with Crippen LogP contribution in [0.3, 0.4) is 0 Å². The summed E-state index contributed by atoms with van der Waals surface area (Å²) in [5, 5.41) is 0. The number of aryl methyl sites for hydroxylation is 3. The van der Waals surface area contributed by atoms with Crippen molar-refractivity contribution in [1.29, 1.82) is 0 Å². The molecule has 6 nitrogen and oxygen atoms in total. The number of rotatable bonds is 6. The van der Waals surface area contributed by atoms with Gasteiger partial charge in [-0.1, -0.05) is 161 Å². The molecule has 0 amide bonds. The zero-order chi connectivity index (χ0) is 55.2.